The standard InChI is InChI=1S/C11H14Cl3N3O/c1-17(2)10(18)16-9(11(12,13)14)15-8-6-4-3-5-7-8/h3-7,9,15H,1-2H3,(H,16,18). The number of hydrogen-bond donors (Lipinski definition) is 2. The Kier molecular flexibility index (Phi) is 5.38. The Morgan fingerprint density at radius 1 is 1.22 bits per heavy atom. The van der Waals surface area contributed by atoms with E-state index in [0.717, 1.165) is 5.69 Å². The van der Waals surface area contributed by atoms with Gasteiger partial charge in [-0.15, -0.1) is 0 Å². The summed E-state index contributed by atoms with van der Waals surface area (Å²) in [7, 11) is 3.21. The van der Waals surface area contributed by atoms with Gasteiger partial charge in [0.05, 0.1) is 0 Å². The van der Waals surface area contributed by atoms with Gasteiger partial charge in [-0.1, -0.05) is 53.0 Å². The molecule has 0 aliphatic heterocycles. The van der Waals surface area contributed by atoms with E-state index in [0.29, 0.717) is 0 Å². The van der Waals surface area contributed by atoms with Crippen LogP contribution in [-0.2, 0) is 0 Å². The fraction of sp³-hybridized carbons (Fsp3) is 0.364. The van der Waals surface area contributed by atoms with Crippen molar-refractivity contribution in [2.45, 2.75) is 9.96 Å². The highest BCUT2D eigenvalue weighted by molar-refractivity contribution is 6.68. The third-order valence-electron chi connectivity index (χ3n) is 2.09. The molecule has 2 amide bonds. The minimum atomic E-state index is -1.67. The average Bonchev–Trinajstić information content (AvgIpc) is 2.28. The highest BCUT2D eigenvalue weighted by Crippen LogP contribution is 2.31. The number of amides is 2. The Balaban J connectivity index is 2.77. The lowest BCUT2D eigenvalue weighted by Gasteiger charge is -2.28. The van der Waals surface area contributed by atoms with Gasteiger partial charge in [-0.05, 0) is 12.1 Å². The predicted molar refractivity (Wildman–Crippen MR) is 76.4 cm³/mol. The van der Waals surface area contributed by atoms with E-state index in [1.807, 2.05) is 30.3 Å². The number of rotatable bonds is 3. The van der Waals surface area contributed by atoms with Crippen molar-refractivity contribution in [3.05, 3.63) is 30.3 Å². The van der Waals surface area contributed by atoms with Gasteiger partial charge in [0.15, 0.2) is 0 Å². The summed E-state index contributed by atoms with van der Waals surface area (Å²) in [6.45, 7) is 0. The summed E-state index contributed by atoms with van der Waals surface area (Å²) in [5.74, 6) is 0. The molecule has 0 heterocycles. The molecule has 0 bridgehead atoms. The first-order chi connectivity index (χ1) is 8.30. The SMILES string of the molecule is CN(C)C(=O)NC(Nc1ccccc1)C(Cl)(Cl)Cl. The Bertz CT molecular complexity index is 392. The number of urea groups is 1. The molecule has 18 heavy (non-hydrogen) atoms. The molecule has 0 aromatic heterocycles. The highest BCUT2D eigenvalue weighted by Gasteiger charge is 2.34. The third kappa shape index (κ3) is 4.80. The molecular formula is C11H14Cl3N3O. The molecule has 0 spiro atoms. The lowest BCUT2D eigenvalue weighted by Crippen LogP contribution is -2.52. The van der Waals surface area contributed by atoms with Gasteiger partial charge in [0.2, 0.25) is 3.79 Å². The summed E-state index contributed by atoms with van der Waals surface area (Å²) >= 11 is 17.5. The van der Waals surface area contributed by atoms with Crippen molar-refractivity contribution in [3.63, 3.8) is 0 Å². The molecular weight excluding hydrogens is 296 g/mol. The molecule has 1 rings (SSSR count). The Morgan fingerprint density at radius 3 is 2.22 bits per heavy atom. The first-order valence-electron chi connectivity index (χ1n) is 5.17. The minimum absolute atomic E-state index is 0.352. The van der Waals surface area contributed by atoms with Crippen LogP contribution in [0.1, 0.15) is 0 Å². The van der Waals surface area contributed by atoms with E-state index in [1.54, 1.807) is 14.1 Å². The number of carbonyl (C=O) groups excluding carboxylic acids is 1. The fourth-order valence-electron chi connectivity index (χ4n) is 1.15. The number of nitrogens with one attached hydrogen (secondary N) is 2. The van der Waals surface area contributed by atoms with Crippen molar-refractivity contribution in [2.75, 3.05) is 19.4 Å². The Hall–Kier alpha value is -0.840. The van der Waals surface area contributed by atoms with Crippen LogP contribution in [0, 0.1) is 0 Å². The predicted octanol–water partition coefficient (Wildman–Crippen LogP) is 3.07. The molecule has 0 saturated heterocycles. The Morgan fingerprint density at radius 2 is 1.78 bits per heavy atom. The van der Waals surface area contributed by atoms with Gasteiger partial charge >= 0.3 is 6.03 Å². The molecule has 0 saturated carbocycles. The van der Waals surface area contributed by atoms with Crippen LogP contribution in [0.4, 0.5) is 10.5 Å². The van der Waals surface area contributed by atoms with E-state index >= 15 is 0 Å². The van der Waals surface area contributed by atoms with Crippen LogP contribution in [0.25, 0.3) is 0 Å². The molecule has 1 aromatic carbocycles. The summed E-state index contributed by atoms with van der Waals surface area (Å²) in [6, 6.07) is 8.82. The second kappa shape index (κ2) is 6.36. The van der Waals surface area contributed by atoms with Crippen molar-refractivity contribution in [2.24, 2.45) is 0 Å². The van der Waals surface area contributed by atoms with E-state index < -0.39 is 9.96 Å². The van der Waals surface area contributed by atoms with Crippen LogP contribution < -0.4 is 10.6 Å². The Labute approximate surface area is 121 Å². The molecule has 0 aliphatic carbocycles. The number of carbonyl (C=O) groups is 1. The fourth-order valence-corrected chi connectivity index (χ4v) is 1.48. The smallest absolute Gasteiger partial charge is 0.318 e. The molecule has 0 aliphatic rings. The van der Waals surface area contributed by atoms with Crippen molar-refractivity contribution < 1.29 is 4.79 Å². The molecule has 0 fully saturated rings. The monoisotopic (exact) mass is 309 g/mol. The maximum absolute atomic E-state index is 11.6. The van der Waals surface area contributed by atoms with Crippen LogP contribution in [0.15, 0.2) is 30.3 Å². The lowest BCUT2D eigenvalue weighted by atomic mass is 10.3. The molecule has 7 heteroatoms. The maximum Gasteiger partial charge on any atom is 0.318 e. The molecule has 100 valence electrons. The first kappa shape index (κ1) is 15.2. The summed E-state index contributed by atoms with van der Waals surface area (Å²) in [6.07, 6.45) is -0.834. The number of hydrogen-bond acceptors (Lipinski definition) is 2. The van der Waals surface area contributed by atoms with Crippen LogP contribution in [0.2, 0.25) is 0 Å². The highest BCUT2D eigenvalue weighted by atomic mass is 35.6. The number of halogens is 3. The van der Waals surface area contributed by atoms with Crippen LogP contribution in [-0.4, -0.2) is 35.0 Å². The molecule has 2 N–H and O–H groups in total. The maximum atomic E-state index is 11.6. The normalized spacial score (nSPS) is 12.7. The van der Waals surface area contributed by atoms with Crippen molar-refractivity contribution in [1.29, 1.82) is 0 Å². The zero-order chi connectivity index (χ0) is 13.8. The second-order valence-electron chi connectivity index (χ2n) is 3.83. The largest absolute Gasteiger partial charge is 0.362 e. The minimum Gasteiger partial charge on any atom is -0.362 e. The van der Waals surface area contributed by atoms with E-state index in [1.165, 1.54) is 4.90 Å². The summed E-state index contributed by atoms with van der Waals surface area (Å²) < 4.78 is -1.67. The lowest BCUT2D eigenvalue weighted by molar-refractivity contribution is 0.214. The third-order valence-corrected chi connectivity index (χ3v) is 2.74. The number of nitrogens with zero attached hydrogens (tertiary/aromatic N) is 1. The van der Waals surface area contributed by atoms with E-state index in [-0.39, 0.29) is 6.03 Å². The summed E-state index contributed by atoms with van der Waals surface area (Å²) in [5.41, 5.74) is 0.743. The molecule has 4 nitrogen and oxygen atoms in total. The van der Waals surface area contributed by atoms with Gasteiger partial charge < -0.3 is 15.5 Å². The van der Waals surface area contributed by atoms with Gasteiger partial charge in [-0.2, -0.15) is 0 Å². The van der Waals surface area contributed by atoms with Crippen LogP contribution in [0.5, 0.6) is 0 Å². The second-order valence-corrected chi connectivity index (χ2v) is 6.20. The van der Waals surface area contributed by atoms with Crippen molar-refractivity contribution >= 4 is 46.5 Å². The van der Waals surface area contributed by atoms with Gasteiger partial charge in [-0.3, -0.25) is 0 Å². The van der Waals surface area contributed by atoms with Gasteiger partial charge in [0, 0.05) is 19.8 Å². The van der Waals surface area contributed by atoms with E-state index in [4.69, 9.17) is 34.8 Å². The number of anilines is 1. The van der Waals surface area contributed by atoms with E-state index in [9.17, 15) is 4.79 Å². The van der Waals surface area contributed by atoms with Crippen molar-refractivity contribution in [1.82, 2.24) is 10.2 Å². The zero-order valence-corrected chi connectivity index (χ0v) is 12.2. The summed E-state index contributed by atoms with van der Waals surface area (Å²) in [5, 5.41) is 5.54. The topological polar surface area (TPSA) is 44.4 Å². The average molecular weight is 311 g/mol. The van der Waals surface area contributed by atoms with E-state index in [2.05, 4.69) is 10.6 Å². The van der Waals surface area contributed by atoms with Gasteiger partial charge in [0.1, 0.15) is 6.17 Å². The molecule has 1 atom stereocenters. The van der Waals surface area contributed by atoms with Crippen molar-refractivity contribution in [3.8, 4) is 0 Å². The number of benzene rings is 1. The quantitative estimate of drug-likeness (QED) is 0.666. The molecule has 1 unspecified atom stereocenters. The number of para-hydroxylation sites is 1. The number of alkyl halides is 3. The zero-order valence-electron chi connectivity index (χ0n) is 9.95. The molecule has 0 radical (unpaired) electrons. The molecule has 1 aromatic rings. The summed E-state index contributed by atoms with van der Waals surface area (Å²) in [4.78, 5) is 12.9. The van der Waals surface area contributed by atoms with Crippen LogP contribution in [0.3, 0.4) is 0 Å². The van der Waals surface area contributed by atoms with Crippen LogP contribution >= 0.6 is 34.8 Å². The van der Waals surface area contributed by atoms with Gasteiger partial charge in [-0.25, -0.2) is 4.79 Å². The van der Waals surface area contributed by atoms with Gasteiger partial charge in [0.25, 0.3) is 0 Å². The first-order valence-corrected chi connectivity index (χ1v) is 6.30.